The number of hydrogen-bond donors (Lipinski definition) is 1. The Balaban J connectivity index is 2.32. The number of rotatable bonds is 6. The van der Waals surface area contributed by atoms with E-state index in [1.807, 2.05) is 36.1 Å². The Morgan fingerprint density at radius 2 is 2.17 bits per heavy atom. The SMILES string of the molecule is CCN1C(=O)CC[C@@H](C(=O)NCC(C)C)[C@@H]1c1cccc(OC)c1. The summed E-state index contributed by atoms with van der Waals surface area (Å²) in [5.41, 5.74) is 0.953. The molecule has 0 bridgehead atoms. The molecule has 0 aliphatic carbocycles. The van der Waals surface area contributed by atoms with Crippen LogP contribution in [0.2, 0.25) is 0 Å². The van der Waals surface area contributed by atoms with Crippen molar-refractivity contribution in [3.63, 3.8) is 0 Å². The van der Waals surface area contributed by atoms with E-state index in [0.29, 0.717) is 31.8 Å². The molecule has 1 aromatic carbocycles. The van der Waals surface area contributed by atoms with E-state index in [1.54, 1.807) is 7.11 Å². The number of piperidine rings is 1. The van der Waals surface area contributed by atoms with Crippen LogP contribution in [0.5, 0.6) is 5.75 Å². The first-order chi connectivity index (χ1) is 11.5. The number of hydrogen-bond acceptors (Lipinski definition) is 3. The van der Waals surface area contributed by atoms with E-state index >= 15 is 0 Å². The van der Waals surface area contributed by atoms with Crippen molar-refractivity contribution in [1.82, 2.24) is 10.2 Å². The highest BCUT2D eigenvalue weighted by Gasteiger charge is 2.39. The number of methoxy groups -OCH3 is 1. The summed E-state index contributed by atoms with van der Waals surface area (Å²) < 4.78 is 5.31. The van der Waals surface area contributed by atoms with Crippen LogP contribution in [-0.4, -0.2) is 36.9 Å². The summed E-state index contributed by atoms with van der Waals surface area (Å²) in [6.45, 7) is 7.35. The van der Waals surface area contributed by atoms with E-state index in [-0.39, 0.29) is 23.8 Å². The first kappa shape index (κ1) is 18.3. The number of nitrogens with zero attached hydrogens (tertiary/aromatic N) is 1. The minimum absolute atomic E-state index is 0.0301. The van der Waals surface area contributed by atoms with Crippen LogP contribution < -0.4 is 10.1 Å². The Bertz CT molecular complexity index is 586. The second kappa shape index (κ2) is 8.18. The Morgan fingerprint density at radius 3 is 2.79 bits per heavy atom. The molecule has 0 unspecified atom stereocenters. The molecule has 2 amide bonds. The zero-order valence-corrected chi connectivity index (χ0v) is 15.0. The number of nitrogens with one attached hydrogen (secondary N) is 1. The highest BCUT2D eigenvalue weighted by Crippen LogP contribution is 2.37. The molecule has 0 radical (unpaired) electrons. The maximum atomic E-state index is 12.7. The molecule has 1 saturated heterocycles. The van der Waals surface area contributed by atoms with Gasteiger partial charge in [-0.2, -0.15) is 0 Å². The summed E-state index contributed by atoms with van der Waals surface area (Å²) >= 11 is 0. The molecule has 0 aromatic heterocycles. The topological polar surface area (TPSA) is 58.6 Å². The average Bonchev–Trinajstić information content (AvgIpc) is 2.59. The summed E-state index contributed by atoms with van der Waals surface area (Å²) in [6, 6.07) is 7.44. The van der Waals surface area contributed by atoms with Gasteiger partial charge in [0.05, 0.1) is 19.1 Å². The normalized spacial score (nSPS) is 21.0. The summed E-state index contributed by atoms with van der Waals surface area (Å²) in [4.78, 5) is 26.9. The number of benzene rings is 1. The third kappa shape index (κ3) is 4.08. The molecular formula is C19H28N2O3. The van der Waals surface area contributed by atoms with Crippen molar-refractivity contribution in [1.29, 1.82) is 0 Å². The highest BCUT2D eigenvalue weighted by atomic mass is 16.5. The van der Waals surface area contributed by atoms with Crippen LogP contribution in [0.25, 0.3) is 0 Å². The molecule has 0 saturated carbocycles. The van der Waals surface area contributed by atoms with Gasteiger partial charge < -0.3 is 15.0 Å². The minimum atomic E-state index is -0.237. The fourth-order valence-corrected chi connectivity index (χ4v) is 3.27. The van der Waals surface area contributed by atoms with Crippen LogP contribution in [0, 0.1) is 11.8 Å². The molecule has 1 aliphatic rings. The van der Waals surface area contributed by atoms with Gasteiger partial charge in [-0.05, 0) is 37.0 Å². The quantitative estimate of drug-likeness (QED) is 0.871. The molecule has 1 heterocycles. The van der Waals surface area contributed by atoms with Gasteiger partial charge in [0.2, 0.25) is 11.8 Å². The van der Waals surface area contributed by atoms with Crippen molar-refractivity contribution >= 4 is 11.8 Å². The molecule has 132 valence electrons. The van der Waals surface area contributed by atoms with Gasteiger partial charge in [-0.25, -0.2) is 0 Å². The molecule has 1 fully saturated rings. The fourth-order valence-electron chi connectivity index (χ4n) is 3.27. The Kier molecular flexibility index (Phi) is 6.23. The molecule has 5 heteroatoms. The molecule has 24 heavy (non-hydrogen) atoms. The van der Waals surface area contributed by atoms with Crippen molar-refractivity contribution in [3.8, 4) is 5.75 Å². The maximum Gasteiger partial charge on any atom is 0.225 e. The largest absolute Gasteiger partial charge is 0.497 e. The summed E-state index contributed by atoms with van der Waals surface area (Å²) in [7, 11) is 1.62. The van der Waals surface area contributed by atoms with Crippen molar-refractivity contribution < 1.29 is 14.3 Å². The van der Waals surface area contributed by atoms with Gasteiger partial charge in [-0.3, -0.25) is 9.59 Å². The van der Waals surface area contributed by atoms with Gasteiger partial charge in [-0.1, -0.05) is 26.0 Å². The van der Waals surface area contributed by atoms with Gasteiger partial charge in [0.1, 0.15) is 5.75 Å². The van der Waals surface area contributed by atoms with E-state index in [9.17, 15) is 9.59 Å². The number of ether oxygens (including phenoxy) is 1. The Labute approximate surface area is 144 Å². The second-order valence-electron chi connectivity index (χ2n) is 6.69. The van der Waals surface area contributed by atoms with Gasteiger partial charge in [0.15, 0.2) is 0 Å². The maximum absolute atomic E-state index is 12.7. The van der Waals surface area contributed by atoms with Gasteiger partial charge in [0.25, 0.3) is 0 Å². The van der Waals surface area contributed by atoms with Crippen LogP contribution in [0.15, 0.2) is 24.3 Å². The molecule has 2 rings (SSSR count). The monoisotopic (exact) mass is 332 g/mol. The van der Waals surface area contributed by atoms with Crippen molar-refractivity contribution in [2.75, 3.05) is 20.2 Å². The van der Waals surface area contributed by atoms with Gasteiger partial charge >= 0.3 is 0 Å². The molecule has 5 nitrogen and oxygen atoms in total. The lowest BCUT2D eigenvalue weighted by Crippen LogP contribution is -2.48. The predicted octanol–water partition coefficient (Wildman–Crippen LogP) is 2.77. The van der Waals surface area contributed by atoms with Crippen LogP contribution in [0.4, 0.5) is 0 Å². The zero-order chi connectivity index (χ0) is 17.7. The number of carbonyl (C=O) groups excluding carboxylic acids is 2. The highest BCUT2D eigenvalue weighted by molar-refractivity contribution is 5.85. The van der Waals surface area contributed by atoms with E-state index in [2.05, 4.69) is 19.2 Å². The van der Waals surface area contributed by atoms with Crippen LogP contribution in [0.1, 0.15) is 45.2 Å². The van der Waals surface area contributed by atoms with Crippen LogP contribution >= 0.6 is 0 Å². The van der Waals surface area contributed by atoms with E-state index < -0.39 is 0 Å². The van der Waals surface area contributed by atoms with E-state index in [0.717, 1.165) is 11.3 Å². The average molecular weight is 332 g/mol. The molecule has 2 atom stereocenters. The zero-order valence-electron chi connectivity index (χ0n) is 15.0. The van der Waals surface area contributed by atoms with Crippen molar-refractivity contribution in [3.05, 3.63) is 29.8 Å². The number of likely N-dealkylation sites (tertiary alicyclic amines) is 1. The lowest BCUT2D eigenvalue weighted by molar-refractivity contribution is -0.143. The van der Waals surface area contributed by atoms with E-state index in [4.69, 9.17) is 4.74 Å². The lowest BCUT2D eigenvalue weighted by atomic mass is 9.83. The first-order valence-corrected chi connectivity index (χ1v) is 8.69. The predicted molar refractivity (Wildman–Crippen MR) is 93.7 cm³/mol. The molecular weight excluding hydrogens is 304 g/mol. The van der Waals surface area contributed by atoms with Gasteiger partial charge in [0, 0.05) is 19.5 Å². The first-order valence-electron chi connectivity index (χ1n) is 8.69. The molecule has 0 spiro atoms. The summed E-state index contributed by atoms with van der Waals surface area (Å²) in [6.07, 6.45) is 1.01. The minimum Gasteiger partial charge on any atom is -0.497 e. The lowest BCUT2D eigenvalue weighted by Gasteiger charge is -2.40. The number of carbonyl (C=O) groups is 2. The molecule has 1 aromatic rings. The molecule has 1 N–H and O–H groups in total. The third-order valence-corrected chi connectivity index (χ3v) is 4.50. The summed E-state index contributed by atoms with van der Waals surface area (Å²) in [5, 5.41) is 3.03. The van der Waals surface area contributed by atoms with Gasteiger partial charge in [-0.15, -0.1) is 0 Å². The molecule has 1 aliphatic heterocycles. The summed E-state index contributed by atoms with van der Waals surface area (Å²) in [5.74, 6) is 1.05. The van der Waals surface area contributed by atoms with Crippen molar-refractivity contribution in [2.24, 2.45) is 11.8 Å². The number of amides is 2. The standard InChI is InChI=1S/C19H28N2O3/c1-5-21-17(22)10-9-16(19(23)20-12-13(2)3)18(21)14-7-6-8-15(11-14)24-4/h6-8,11,13,16,18H,5,9-10,12H2,1-4H3,(H,20,23)/t16-,18+/m1/s1. The van der Waals surface area contributed by atoms with Crippen LogP contribution in [-0.2, 0) is 9.59 Å². The third-order valence-electron chi connectivity index (χ3n) is 4.50. The Hall–Kier alpha value is -2.04. The smallest absolute Gasteiger partial charge is 0.225 e. The fraction of sp³-hybridized carbons (Fsp3) is 0.579. The van der Waals surface area contributed by atoms with Crippen LogP contribution in [0.3, 0.4) is 0 Å². The van der Waals surface area contributed by atoms with Crippen molar-refractivity contribution in [2.45, 2.75) is 39.7 Å². The van der Waals surface area contributed by atoms with E-state index in [1.165, 1.54) is 0 Å². The Morgan fingerprint density at radius 1 is 1.42 bits per heavy atom. The second-order valence-corrected chi connectivity index (χ2v) is 6.69.